The second kappa shape index (κ2) is 2.00. The van der Waals surface area contributed by atoms with E-state index in [9.17, 15) is 0 Å². The molecule has 1 heterocycles. The van der Waals surface area contributed by atoms with Crippen molar-refractivity contribution in [2.45, 2.75) is 45.3 Å². The van der Waals surface area contributed by atoms with E-state index >= 15 is 0 Å². The standard InChI is InChI=1S/C9H14O/c1-8(2)6-5-7-9(3,4)10-8/h6H2,1-4H3. The highest BCUT2D eigenvalue weighted by atomic mass is 16.5. The first kappa shape index (κ1) is 7.63. The van der Waals surface area contributed by atoms with Crippen LogP contribution in [-0.4, -0.2) is 11.2 Å². The molecule has 0 radical (unpaired) electrons. The van der Waals surface area contributed by atoms with Gasteiger partial charge >= 0.3 is 0 Å². The van der Waals surface area contributed by atoms with Crippen LogP contribution < -0.4 is 0 Å². The molecule has 0 fully saturated rings. The molecule has 1 rings (SSSR count). The number of hydrogen-bond donors (Lipinski definition) is 0. The highest BCUT2D eigenvalue weighted by Crippen LogP contribution is 2.25. The van der Waals surface area contributed by atoms with E-state index in [-0.39, 0.29) is 11.2 Å². The van der Waals surface area contributed by atoms with Gasteiger partial charge in [-0.15, -0.1) is 0 Å². The number of rotatable bonds is 0. The summed E-state index contributed by atoms with van der Waals surface area (Å²) in [6, 6.07) is 0. The van der Waals surface area contributed by atoms with Gasteiger partial charge in [0, 0.05) is 6.42 Å². The van der Waals surface area contributed by atoms with Crippen LogP contribution in [0, 0.1) is 11.8 Å². The third-order valence-corrected chi connectivity index (χ3v) is 1.43. The van der Waals surface area contributed by atoms with Crippen LogP contribution in [0.4, 0.5) is 0 Å². The minimum atomic E-state index is -0.248. The van der Waals surface area contributed by atoms with Gasteiger partial charge in [-0.3, -0.25) is 0 Å². The van der Waals surface area contributed by atoms with Crippen molar-refractivity contribution in [2.24, 2.45) is 0 Å². The Balaban J connectivity index is 2.79. The maximum atomic E-state index is 5.69. The summed E-state index contributed by atoms with van der Waals surface area (Å²) in [7, 11) is 0. The molecule has 0 bridgehead atoms. The highest BCUT2D eigenvalue weighted by molar-refractivity contribution is 5.16. The largest absolute Gasteiger partial charge is 0.356 e. The summed E-state index contributed by atoms with van der Waals surface area (Å²) in [5.74, 6) is 6.13. The van der Waals surface area contributed by atoms with Gasteiger partial charge in [0.15, 0.2) is 0 Å². The van der Waals surface area contributed by atoms with Crippen LogP contribution in [0.3, 0.4) is 0 Å². The molecular formula is C9H14O. The summed E-state index contributed by atoms with van der Waals surface area (Å²) in [4.78, 5) is 0. The smallest absolute Gasteiger partial charge is 0.123 e. The zero-order chi connectivity index (χ0) is 7.83. The molecule has 1 heteroatoms. The van der Waals surface area contributed by atoms with Crippen molar-refractivity contribution < 1.29 is 4.74 Å². The predicted molar refractivity (Wildman–Crippen MR) is 41.6 cm³/mol. The van der Waals surface area contributed by atoms with Crippen LogP contribution in [0.1, 0.15) is 34.1 Å². The van der Waals surface area contributed by atoms with Gasteiger partial charge in [0.2, 0.25) is 0 Å². The van der Waals surface area contributed by atoms with Crippen molar-refractivity contribution in [2.75, 3.05) is 0 Å². The number of ether oxygens (including phenoxy) is 1. The van der Waals surface area contributed by atoms with Crippen LogP contribution in [0.5, 0.6) is 0 Å². The van der Waals surface area contributed by atoms with Crippen LogP contribution in [0.15, 0.2) is 0 Å². The van der Waals surface area contributed by atoms with Crippen molar-refractivity contribution in [3.63, 3.8) is 0 Å². The second-order valence-corrected chi connectivity index (χ2v) is 3.85. The monoisotopic (exact) mass is 138 g/mol. The third-order valence-electron chi connectivity index (χ3n) is 1.43. The molecule has 10 heavy (non-hydrogen) atoms. The van der Waals surface area contributed by atoms with Gasteiger partial charge in [0.05, 0.1) is 5.60 Å². The fraction of sp³-hybridized carbons (Fsp3) is 0.778. The molecule has 0 aliphatic carbocycles. The SMILES string of the molecule is CC1(C)C#CCC(C)(C)O1. The first-order valence-electron chi connectivity index (χ1n) is 3.62. The van der Waals surface area contributed by atoms with E-state index in [0.717, 1.165) is 6.42 Å². The van der Waals surface area contributed by atoms with E-state index in [4.69, 9.17) is 4.74 Å². The van der Waals surface area contributed by atoms with Gasteiger partial charge < -0.3 is 4.74 Å². The van der Waals surface area contributed by atoms with E-state index in [2.05, 4.69) is 25.7 Å². The van der Waals surface area contributed by atoms with Crippen LogP contribution in [0.25, 0.3) is 0 Å². The maximum Gasteiger partial charge on any atom is 0.123 e. The fourth-order valence-electron chi connectivity index (χ4n) is 1.22. The molecule has 0 atom stereocenters. The zero-order valence-electron chi connectivity index (χ0n) is 7.12. The normalized spacial score (nSPS) is 26.8. The molecule has 0 saturated carbocycles. The van der Waals surface area contributed by atoms with E-state index < -0.39 is 0 Å². The highest BCUT2D eigenvalue weighted by Gasteiger charge is 2.29. The summed E-state index contributed by atoms with van der Waals surface area (Å²) in [6.45, 7) is 8.15. The van der Waals surface area contributed by atoms with Crippen molar-refractivity contribution in [3.05, 3.63) is 0 Å². The van der Waals surface area contributed by atoms with Gasteiger partial charge in [0.1, 0.15) is 5.60 Å². The Bertz CT molecular complexity index is 191. The number of hydrogen-bond acceptors (Lipinski definition) is 1. The Hall–Kier alpha value is -0.480. The minimum Gasteiger partial charge on any atom is -0.356 e. The summed E-state index contributed by atoms with van der Waals surface area (Å²) >= 11 is 0. The zero-order valence-corrected chi connectivity index (χ0v) is 7.12. The lowest BCUT2D eigenvalue weighted by molar-refractivity contribution is -0.0937. The van der Waals surface area contributed by atoms with Crippen LogP contribution in [0.2, 0.25) is 0 Å². The van der Waals surface area contributed by atoms with Gasteiger partial charge in [0.25, 0.3) is 0 Å². The first-order chi connectivity index (χ1) is 4.41. The molecule has 0 aromatic heterocycles. The summed E-state index contributed by atoms with van der Waals surface area (Å²) in [6.07, 6.45) is 0.844. The minimum absolute atomic E-state index is 0.0608. The molecule has 0 spiro atoms. The molecule has 1 aliphatic heterocycles. The lowest BCUT2D eigenvalue weighted by Gasteiger charge is -2.34. The molecule has 0 saturated heterocycles. The van der Waals surface area contributed by atoms with Gasteiger partial charge in [-0.2, -0.15) is 0 Å². The van der Waals surface area contributed by atoms with Crippen molar-refractivity contribution in [1.29, 1.82) is 0 Å². The average Bonchev–Trinajstić information content (AvgIpc) is 1.56. The summed E-state index contributed by atoms with van der Waals surface area (Å²) in [5.41, 5.74) is -0.309. The summed E-state index contributed by atoms with van der Waals surface area (Å²) < 4.78 is 5.69. The van der Waals surface area contributed by atoms with E-state index in [1.165, 1.54) is 0 Å². The molecule has 0 N–H and O–H groups in total. The third kappa shape index (κ3) is 1.75. The van der Waals surface area contributed by atoms with E-state index in [1.807, 2.05) is 13.8 Å². The lowest BCUT2D eigenvalue weighted by atomic mass is 9.98. The molecule has 1 nitrogen and oxygen atoms in total. The maximum absolute atomic E-state index is 5.69. The molecule has 0 amide bonds. The van der Waals surface area contributed by atoms with E-state index in [1.54, 1.807) is 0 Å². The second-order valence-electron chi connectivity index (χ2n) is 3.85. The first-order valence-corrected chi connectivity index (χ1v) is 3.62. The summed E-state index contributed by atoms with van der Waals surface area (Å²) in [5, 5.41) is 0. The van der Waals surface area contributed by atoms with Crippen LogP contribution >= 0.6 is 0 Å². The molecule has 0 aromatic carbocycles. The van der Waals surface area contributed by atoms with Crippen LogP contribution in [-0.2, 0) is 4.74 Å². The van der Waals surface area contributed by atoms with Crippen molar-refractivity contribution >= 4 is 0 Å². The fourth-order valence-corrected chi connectivity index (χ4v) is 1.22. The van der Waals surface area contributed by atoms with E-state index in [0.29, 0.717) is 0 Å². The molecule has 0 aromatic rings. The Kier molecular flexibility index (Phi) is 1.53. The molecule has 1 aliphatic rings. The Morgan fingerprint density at radius 1 is 1.20 bits per heavy atom. The Labute approximate surface area is 62.8 Å². The average molecular weight is 138 g/mol. The Morgan fingerprint density at radius 2 is 1.80 bits per heavy atom. The lowest BCUT2D eigenvalue weighted by Crippen LogP contribution is -2.38. The molecule has 56 valence electrons. The van der Waals surface area contributed by atoms with Crippen molar-refractivity contribution in [1.82, 2.24) is 0 Å². The van der Waals surface area contributed by atoms with Gasteiger partial charge in [-0.1, -0.05) is 11.8 Å². The predicted octanol–water partition coefficient (Wildman–Crippen LogP) is 1.97. The van der Waals surface area contributed by atoms with Gasteiger partial charge in [-0.25, -0.2) is 0 Å². The van der Waals surface area contributed by atoms with Crippen molar-refractivity contribution in [3.8, 4) is 11.8 Å². The van der Waals surface area contributed by atoms with Gasteiger partial charge in [-0.05, 0) is 27.7 Å². The quantitative estimate of drug-likeness (QED) is 0.465. The molecular weight excluding hydrogens is 124 g/mol. The topological polar surface area (TPSA) is 9.23 Å². The molecule has 0 unspecified atom stereocenters. The Morgan fingerprint density at radius 3 is 2.10 bits per heavy atom.